The lowest BCUT2D eigenvalue weighted by atomic mass is 9.97. The van der Waals surface area contributed by atoms with Crippen molar-refractivity contribution in [3.63, 3.8) is 0 Å². The summed E-state index contributed by atoms with van der Waals surface area (Å²) in [5, 5.41) is 8.63. The first-order valence-corrected chi connectivity index (χ1v) is 3.35. The fourth-order valence-electron chi connectivity index (χ4n) is 1.01. The molecule has 11 heavy (non-hydrogen) atoms. The first kappa shape index (κ1) is 7.94. The van der Waals surface area contributed by atoms with E-state index in [0.717, 1.165) is 0 Å². The summed E-state index contributed by atoms with van der Waals surface area (Å²) in [4.78, 5) is 14.7. The summed E-state index contributed by atoms with van der Waals surface area (Å²) < 4.78 is 0. The molecule has 0 saturated heterocycles. The lowest BCUT2D eigenvalue weighted by molar-refractivity contribution is -0.121. The topological polar surface area (TPSA) is 75.7 Å². The average molecular weight is 154 g/mol. The van der Waals surface area contributed by atoms with Gasteiger partial charge in [0.05, 0.1) is 0 Å². The number of carbonyl (C=O) groups excluding carboxylic acids is 1. The molecule has 0 aliphatic carbocycles. The summed E-state index contributed by atoms with van der Waals surface area (Å²) in [7, 11) is 0. The standard InChI is InChI=1S/C7H10N2O2/c8-6(11)7(3-5-10)2-1-4-9-7/h1-2,4,10H,3,5H2,(H2,8,11). The lowest BCUT2D eigenvalue weighted by Crippen LogP contribution is -2.40. The first-order valence-electron chi connectivity index (χ1n) is 3.35. The van der Waals surface area contributed by atoms with Crippen LogP contribution in [0.1, 0.15) is 6.42 Å². The molecule has 1 aliphatic heterocycles. The zero-order valence-corrected chi connectivity index (χ0v) is 6.03. The van der Waals surface area contributed by atoms with Gasteiger partial charge in [0.15, 0.2) is 5.54 Å². The van der Waals surface area contributed by atoms with Gasteiger partial charge in [-0.25, -0.2) is 0 Å². The zero-order valence-electron chi connectivity index (χ0n) is 6.03. The molecule has 0 saturated carbocycles. The summed E-state index contributed by atoms with van der Waals surface area (Å²) in [5.41, 5.74) is 4.13. The average Bonchev–Trinajstić information content (AvgIpc) is 2.38. The van der Waals surface area contributed by atoms with E-state index in [1.54, 1.807) is 12.2 Å². The van der Waals surface area contributed by atoms with E-state index in [2.05, 4.69) is 4.99 Å². The predicted octanol–water partition coefficient (Wildman–Crippen LogP) is -0.766. The van der Waals surface area contributed by atoms with E-state index in [-0.39, 0.29) is 13.0 Å². The highest BCUT2D eigenvalue weighted by molar-refractivity contribution is 5.93. The highest BCUT2D eigenvalue weighted by Crippen LogP contribution is 2.20. The Bertz CT molecular complexity index is 208. The van der Waals surface area contributed by atoms with E-state index in [1.807, 2.05) is 0 Å². The van der Waals surface area contributed by atoms with E-state index in [0.29, 0.717) is 0 Å². The molecule has 1 amide bonds. The largest absolute Gasteiger partial charge is 0.396 e. The van der Waals surface area contributed by atoms with Gasteiger partial charge >= 0.3 is 0 Å². The van der Waals surface area contributed by atoms with Gasteiger partial charge < -0.3 is 10.8 Å². The van der Waals surface area contributed by atoms with Gasteiger partial charge in [-0.05, 0) is 12.2 Å². The Labute approximate surface area is 64.4 Å². The van der Waals surface area contributed by atoms with Gasteiger partial charge in [0.2, 0.25) is 5.91 Å². The molecule has 1 aliphatic rings. The smallest absolute Gasteiger partial charge is 0.249 e. The van der Waals surface area contributed by atoms with Crippen LogP contribution in [0.15, 0.2) is 17.1 Å². The molecule has 0 aromatic heterocycles. The summed E-state index contributed by atoms with van der Waals surface area (Å²) in [6.45, 7) is -0.0926. The normalized spacial score (nSPS) is 27.7. The third kappa shape index (κ3) is 1.30. The van der Waals surface area contributed by atoms with Crippen molar-refractivity contribution in [3.05, 3.63) is 12.2 Å². The zero-order chi connectivity index (χ0) is 8.32. The maximum Gasteiger partial charge on any atom is 0.249 e. The van der Waals surface area contributed by atoms with Crippen molar-refractivity contribution in [1.29, 1.82) is 0 Å². The minimum Gasteiger partial charge on any atom is -0.396 e. The Hall–Kier alpha value is -1.16. The van der Waals surface area contributed by atoms with Crippen molar-refractivity contribution in [2.45, 2.75) is 12.0 Å². The fraction of sp³-hybridized carbons (Fsp3) is 0.429. The number of aliphatic imine (C=N–C) groups is 1. The van der Waals surface area contributed by atoms with E-state index < -0.39 is 11.4 Å². The maximum absolute atomic E-state index is 10.9. The van der Waals surface area contributed by atoms with Crippen LogP contribution in [0.5, 0.6) is 0 Å². The van der Waals surface area contributed by atoms with Gasteiger partial charge in [0, 0.05) is 19.2 Å². The molecule has 4 nitrogen and oxygen atoms in total. The summed E-state index contributed by atoms with van der Waals surface area (Å²) >= 11 is 0. The summed E-state index contributed by atoms with van der Waals surface area (Å²) in [6, 6.07) is 0. The quantitative estimate of drug-likeness (QED) is 0.560. The first-order chi connectivity index (χ1) is 5.21. The highest BCUT2D eigenvalue weighted by atomic mass is 16.3. The number of rotatable bonds is 3. The second-order valence-electron chi connectivity index (χ2n) is 2.40. The number of nitrogens with zero attached hydrogens (tertiary/aromatic N) is 1. The van der Waals surface area contributed by atoms with Gasteiger partial charge in [0.25, 0.3) is 0 Å². The van der Waals surface area contributed by atoms with E-state index in [9.17, 15) is 4.79 Å². The lowest BCUT2D eigenvalue weighted by Gasteiger charge is -2.17. The number of primary amides is 1. The molecular weight excluding hydrogens is 144 g/mol. The molecule has 0 aromatic carbocycles. The van der Waals surface area contributed by atoms with Crippen LogP contribution < -0.4 is 5.73 Å². The van der Waals surface area contributed by atoms with Crippen molar-refractivity contribution < 1.29 is 9.90 Å². The maximum atomic E-state index is 10.9. The third-order valence-electron chi connectivity index (χ3n) is 1.68. The second-order valence-corrected chi connectivity index (χ2v) is 2.40. The van der Waals surface area contributed by atoms with Crippen molar-refractivity contribution in [3.8, 4) is 0 Å². The number of amides is 1. The third-order valence-corrected chi connectivity index (χ3v) is 1.68. The van der Waals surface area contributed by atoms with Crippen LogP contribution in [0.4, 0.5) is 0 Å². The Morgan fingerprint density at radius 3 is 2.82 bits per heavy atom. The molecule has 1 rings (SSSR count). The minimum atomic E-state index is -0.977. The van der Waals surface area contributed by atoms with Crippen molar-refractivity contribution in [1.82, 2.24) is 0 Å². The van der Waals surface area contributed by atoms with Crippen molar-refractivity contribution >= 4 is 12.1 Å². The Morgan fingerprint density at radius 2 is 2.45 bits per heavy atom. The van der Waals surface area contributed by atoms with Crippen LogP contribution >= 0.6 is 0 Å². The number of allylic oxidation sites excluding steroid dienone is 1. The Balaban J connectivity index is 2.80. The minimum absolute atomic E-state index is 0.0926. The van der Waals surface area contributed by atoms with Crippen molar-refractivity contribution in [2.75, 3.05) is 6.61 Å². The molecule has 0 fully saturated rings. The summed E-state index contributed by atoms with van der Waals surface area (Å²) in [6.07, 6.45) is 5.03. The van der Waals surface area contributed by atoms with E-state index >= 15 is 0 Å². The number of hydrogen-bond donors (Lipinski definition) is 2. The molecule has 0 spiro atoms. The number of carbonyl (C=O) groups is 1. The number of hydrogen-bond acceptors (Lipinski definition) is 3. The second kappa shape index (κ2) is 2.84. The van der Waals surface area contributed by atoms with Crippen LogP contribution in [-0.4, -0.2) is 29.4 Å². The van der Waals surface area contributed by atoms with Gasteiger partial charge in [-0.1, -0.05) is 0 Å². The van der Waals surface area contributed by atoms with E-state index in [1.165, 1.54) is 6.21 Å². The molecule has 4 heteroatoms. The van der Waals surface area contributed by atoms with Gasteiger partial charge in [0.1, 0.15) is 0 Å². The van der Waals surface area contributed by atoms with Crippen LogP contribution in [0.3, 0.4) is 0 Å². The SMILES string of the molecule is NC(=O)C1(CCO)C=CC=N1. The fourth-order valence-corrected chi connectivity index (χ4v) is 1.01. The molecule has 60 valence electrons. The molecule has 0 bridgehead atoms. The Morgan fingerprint density at radius 1 is 1.73 bits per heavy atom. The van der Waals surface area contributed by atoms with Crippen LogP contribution in [0.2, 0.25) is 0 Å². The highest BCUT2D eigenvalue weighted by Gasteiger charge is 2.33. The number of nitrogens with two attached hydrogens (primary N) is 1. The van der Waals surface area contributed by atoms with Crippen LogP contribution in [-0.2, 0) is 4.79 Å². The van der Waals surface area contributed by atoms with Gasteiger partial charge in [-0.15, -0.1) is 0 Å². The molecule has 1 unspecified atom stereocenters. The van der Waals surface area contributed by atoms with Crippen LogP contribution in [0.25, 0.3) is 0 Å². The molecule has 0 radical (unpaired) electrons. The molecule has 3 N–H and O–H groups in total. The molecule has 0 aromatic rings. The van der Waals surface area contributed by atoms with Crippen LogP contribution in [0, 0.1) is 0 Å². The van der Waals surface area contributed by atoms with Gasteiger partial charge in [-0.2, -0.15) is 0 Å². The van der Waals surface area contributed by atoms with Gasteiger partial charge in [-0.3, -0.25) is 9.79 Å². The van der Waals surface area contributed by atoms with E-state index in [4.69, 9.17) is 10.8 Å². The molecular formula is C7H10N2O2. The predicted molar refractivity (Wildman–Crippen MR) is 41.3 cm³/mol. The monoisotopic (exact) mass is 154 g/mol. The number of aliphatic hydroxyl groups is 1. The summed E-state index contributed by atoms with van der Waals surface area (Å²) in [5.74, 6) is -0.517. The Kier molecular flexibility index (Phi) is 2.05. The van der Waals surface area contributed by atoms with Crippen molar-refractivity contribution in [2.24, 2.45) is 10.7 Å². The number of aliphatic hydroxyl groups excluding tert-OH is 1. The molecule has 1 atom stereocenters. The molecule has 1 heterocycles.